The van der Waals surface area contributed by atoms with Gasteiger partial charge in [-0.1, -0.05) is 0 Å². The van der Waals surface area contributed by atoms with E-state index in [1.807, 2.05) is 6.92 Å². The molecule has 3 atom stereocenters. The molecular weight excluding hydrogens is 226 g/mol. The summed E-state index contributed by atoms with van der Waals surface area (Å²) in [6, 6.07) is 0.340. The highest BCUT2D eigenvalue weighted by atomic mass is 32.2. The third-order valence-electron chi connectivity index (χ3n) is 4.08. The lowest BCUT2D eigenvalue weighted by Crippen LogP contribution is -2.45. The van der Waals surface area contributed by atoms with Gasteiger partial charge in [-0.05, 0) is 44.7 Å². The van der Waals surface area contributed by atoms with Crippen molar-refractivity contribution in [3.05, 3.63) is 0 Å². The summed E-state index contributed by atoms with van der Waals surface area (Å²) < 4.78 is 28.7. The molecule has 0 radical (unpaired) electrons. The third-order valence-corrected chi connectivity index (χ3v) is 5.81. The van der Waals surface area contributed by atoms with Crippen LogP contribution in [0, 0.1) is 11.8 Å². The average molecular weight is 245 g/mol. The van der Waals surface area contributed by atoms with Crippen molar-refractivity contribution >= 4 is 10.2 Å². The van der Waals surface area contributed by atoms with Crippen LogP contribution in [0.2, 0.25) is 0 Å². The SMILES string of the molecule is CC1C2CNCC2CN1S(=O)(=O)NC1CC1. The van der Waals surface area contributed by atoms with Gasteiger partial charge in [-0.25, -0.2) is 0 Å². The van der Waals surface area contributed by atoms with Crippen molar-refractivity contribution in [3.63, 3.8) is 0 Å². The van der Waals surface area contributed by atoms with E-state index < -0.39 is 10.2 Å². The molecule has 3 fully saturated rings. The second-order valence-electron chi connectivity index (χ2n) is 5.29. The van der Waals surface area contributed by atoms with Crippen LogP contribution in [0.4, 0.5) is 0 Å². The van der Waals surface area contributed by atoms with Gasteiger partial charge in [0.1, 0.15) is 0 Å². The maximum absolute atomic E-state index is 12.1. The van der Waals surface area contributed by atoms with Gasteiger partial charge < -0.3 is 5.32 Å². The Hall–Kier alpha value is -0.170. The van der Waals surface area contributed by atoms with Crippen LogP contribution in [0.25, 0.3) is 0 Å². The predicted octanol–water partition coefficient (Wildman–Crippen LogP) is -0.477. The molecule has 0 aromatic heterocycles. The molecule has 0 spiro atoms. The van der Waals surface area contributed by atoms with Crippen molar-refractivity contribution in [2.24, 2.45) is 11.8 Å². The van der Waals surface area contributed by atoms with Crippen LogP contribution in [0.5, 0.6) is 0 Å². The Bertz CT molecular complexity index is 380. The highest BCUT2D eigenvalue weighted by molar-refractivity contribution is 7.87. The first-order chi connectivity index (χ1) is 7.58. The molecule has 3 rings (SSSR count). The summed E-state index contributed by atoms with van der Waals surface area (Å²) in [6.45, 7) is 4.64. The first kappa shape index (κ1) is 11.0. The molecule has 2 aliphatic heterocycles. The highest BCUT2D eigenvalue weighted by Crippen LogP contribution is 2.34. The van der Waals surface area contributed by atoms with Gasteiger partial charge in [0.25, 0.3) is 10.2 Å². The number of rotatable bonds is 3. The standard InChI is InChI=1S/C10H19N3O2S/c1-7-10-5-11-4-8(10)6-13(7)16(14,15)12-9-2-3-9/h7-12H,2-6H2,1H3. The largest absolute Gasteiger partial charge is 0.316 e. The van der Waals surface area contributed by atoms with Crippen molar-refractivity contribution in [2.45, 2.75) is 31.8 Å². The Morgan fingerprint density at radius 3 is 2.69 bits per heavy atom. The molecule has 0 aromatic carbocycles. The van der Waals surface area contributed by atoms with Gasteiger partial charge in [-0.2, -0.15) is 17.4 Å². The van der Waals surface area contributed by atoms with Gasteiger partial charge in [0, 0.05) is 18.6 Å². The van der Waals surface area contributed by atoms with E-state index in [2.05, 4.69) is 10.0 Å². The average Bonchev–Trinajstić information content (AvgIpc) is 2.79. The minimum absolute atomic E-state index is 0.135. The summed E-state index contributed by atoms with van der Waals surface area (Å²) in [5.41, 5.74) is 0. The number of hydrogen-bond donors (Lipinski definition) is 2. The minimum atomic E-state index is -3.23. The predicted molar refractivity (Wildman–Crippen MR) is 61.1 cm³/mol. The molecule has 1 saturated carbocycles. The summed E-state index contributed by atoms with van der Waals surface area (Å²) in [5, 5.41) is 3.34. The molecule has 5 nitrogen and oxygen atoms in total. The minimum Gasteiger partial charge on any atom is -0.316 e. The van der Waals surface area contributed by atoms with E-state index in [9.17, 15) is 8.42 Å². The van der Waals surface area contributed by atoms with E-state index in [0.717, 1.165) is 25.9 Å². The van der Waals surface area contributed by atoms with Gasteiger partial charge in [0.15, 0.2) is 0 Å². The van der Waals surface area contributed by atoms with E-state index >= 15 is 0 Å². The number of nitrogens with zero attached hydrogens (tertiary/aromatic N) is 1. The third kappa shape index (κ3) is 1.77. The van der Waals surface area contributed by atoms with Gasteiger partial charge in [0.2, 0.25) is 0 Å². The van der Waals surface area contributed by atoms with Crippen molar-refractivity contribution < 1.29 is 8.42 Å². The van der Waals surface area contributed by atoms with E-state index in [1.165, 1.54) is 0 Å². The molecule has 0 aromatic rings. The fraction of sp³-hybridized carbons (Fsp3) is 1.00. The Labute approximate surface area is 96.8 Å². The number of nitrogens with one attached hydrogen (secondary N) is 2. The van der Waals surface area contributed by atoms with Crippen molar-refractivity contribution in [2.75, 3.05) is 19.6 Å². The van der Waals surface area contributed by atoms with Gasteiger partial charge in [0.05, 0.1) is 0 Å². The van der Waals surface area contributed by atoms with Crippen LogP contribution < -0.4 is 10.0 Å². The number of hydrogen-bond acceptors (Lipinski definition) is 3. The van der Waals surface area contributed by atoms with Crippen molar-refractivity contribution in [3.8, 4) is 0 Å². The van der Waals surface area contributed by atoms with Gasteiger partial charge >= 0.3 is 0 Å². The van der Waals surface area contributed by atoms with E-state index in [4.69, 9.17) is 0 Å². The van der Waals surface area contributed by atoms with Crippen LogP contribution in [0.15, 0.2) is 0 Å². The molecule has 2 heterocycles. The molecular formula is C10H19N3O2S. The molecule has 1 aliphatic carbocycles. The molecule has 0 amide bonds. The maximum atomic E-state index is 12.1. The van der Waals surface area contributed by atoms with Gasteiger partial charge in [-0.3, -0.25) is 0 Å². The summed E-state index contributed by atoms with van der Waals surface area (Å²) in [4.78, 5) is 0. The zero-order valence-electron chi connectivity index (χ0n) is 9.52. The fourth-order valence-corrected chi connectivity index (χ4v) is 4.70. The lowest BCUT2D eigenvalue weighted by Gasteiger charge is -2.23. The second-order valence-corrected chi connectivity index (χ2v) is 6.94. The van der Waals surface area contributed by atoms with Crippen LogP contribution in [0.3, 0.4) is 0 Å². The first-order valence-corrected chi connectivity index (χ1v) is 7.52. The van der Waals surface area contributed by atoms with Crippen molar-refractivity contribution in [1.82, 2.24) is 14.3 Å². The Kier molecular flexibility index (Phi) is 2.51. The molecule has 6 heteroatoms. The van der Waals surface area contributed by atoms with E-state index in [1.54, 1.807) is 4.31 Å². The maximum Gasteiger partial charge on any atom is 0.279 e. The fourth-order valence-electron chi connectivity index (χ4n) is 2.93. The molecule has 92 valence electrons. The normalized spacial score (nSPS) is 40.2. The van der Waals surface area contributed by atoms with Crippen LogP contribution in [-0.4, -0.2) is 44.4 Å². The molecule has 2 saturated heterocycles. The molecule has 3 aliphatic rings. The smallest absolute Gasteiger partial charge is 0.279 e. The summed E-state index contributed by atoms with van der Waals surface area (Å²) >= 11 is 0. The van der Waals surface area contributed by atoms with Crippen LogP contribution >= 0.6 is 0 Å². The summed E-state index contributed by atoms with van der Waals surface area (Å²) in [6.07, 6.45) is 1.99. The zero-order valence-corrected chi connectivity index (χ0v) is 10.3. The lowest BCUT2D eigenvalue weighted by atomic mass is 9.95. The monoisotopic (exact) mass is 245 g/mol. The van der Waals surface area contributed by atoms with Gasteiger partial charge in [-0.15, -0.1) is 0 Å². The van der Waals surface area contributed by atoms with Crippen molar-refractivity contribution in [1.29, 1.82) is 0 Å². The van der Waals surface area contributed by atoms with E-state index in [0.29, 0.717) is 18.4 Å². The molecule has 3 unspecified atom stereocenters. The Balaban J connectivity index is 1.75. The molecule has 2 N–H and O–H groups in total. The second kappa shape index (κ2) is 3.66. The zero-order chi connectivity index (χ0) is 11.3. The topological polar surface area (TPSA) is 61.4 Å². The lowest BCUT2D eigenvalue weighted by molar-refractivity contribution is 0.355. The highest BCUT2D eigenvalue weighted by Gasteiger charge is 2.47. The Morgan fingerprint density at radius 2 is 2.06 bits per heavy atom. The quantitative estimate of drug-likeness (QED) is 0.706. The Morgan fingerprint density at radius 1 is 1.31 bits per heavy atom. The summed E-state index contributed by atoms with van der Waals surface area (Å²) in [5.74, 6) is 1.00. The molecule has 0 bridgehead atoms. The van der Waals surface area contributed by atoms with Crippen LogP contribution in [-0.2, 0) is 10.2 Å². The van der Waals surface area contributed by atoms with E-state index in [-0.39, 0.29) is 12.1 Å². The number of fused-ring (bicyclic) bond motifs is 1. The summed E-state index contributed by atoms with van der Waals surface area (Å²) in [7, 11) is -3.23. The van der Waals surface area contributed by atoms with Crippen LogP contribution in [0.1, 0.15) is 19.8 Å². The molecule has 16 heavy (non-hydrogen) atoms. The first-order valence-electron chi connectivity index (χ1n) is 6.08.